The van der Waals surface area contributed by atoms with Crippen LogP contribution in [-0.2, 0) is 20.9 Å². The standard InChI is InChI=1S/C13H15NO4/c15-12(11-7-4-8-14-11)18-13(16)17-9-10-5-2-1-3-6-10/h1-3,5-6,11,14H,4,7-9H2. The number of hydrogen-bond acceptors (Lipinski definition) is 5. The van der Waals surface area contributed by atoms with Crippen LogP contribution < -0.4 is 5.32 Å². The molecule has 1 aromatic carbocycles. The maximum Gasteiger partial charge on any atom is 0.516 e. The summed E-state index contributed by atoms with van der Waals surface area (Å²) in [5, 5.41) is 2.95. The van der Waals surface area contributed by atoms with E-state index in [1.807, 2.05) is 30.3 Å². The van der Waals surface area contributed by atoms with Gasteiger partial charge in [-0.05, 0) is 24.9 Å². The minimum absolute atomic E-state index is 0.102. The molecule has 1 aliphatic heterocycles. The summed E-state index contributed by atoms with van der Waals surface area (Å²) in [6.45, 7) is 0.879. The highest BCUT2D eigenvalue weighted by molar-refractivity contribution is 5.85. The molecule has 1 atom stereocenters. The van der Waals surface area contributed by atoms with Gasteiger partial charge in [0.15, 0.2) is 0 Å². The number of nitrogens with one attached hydrogen (secondary N) is 1. The van der Waals surface area contributed by atoms with Gasteiger partial charge < -0.3 is 14.8 Å². The van der Waals surface area contributed by atoms with Gasteiger partial charge in [0, 0.05) is 0 Å². The van der Waals surface area contributed by atoms with Gasteiger partial charge in [0.2, 0.25) is 0 Å². The summed E-state index contributed by atoms with van der Waals surface area (Å²) in [4.78, 5) is 22.8. The van der Waals surface area contributed by atoms with Crippen LogP contribution >= 0.6 is 0 Å². The molecule has 1 saturated heterocycles. The van der Waals surface area contributed by atoms with Crippen LogP contribution in [0, 0.1) is 0 Å². The summed E-state index contributed by atoms with van der Waals surface area (Å²) in [5.74, 6) is -0.564. The van der Waals surface area contributed by atoms with Gasteiger partial charge in [-0.3, -0.25) is 0 Å². The van der Waals surface area contributed by atoms with Crippen molar-refractivity contribution in [1.82, 2.24) is 5.32 Å². The fourth-order valence-corrected chi connectivity index (χ4v) is 1.78. The Morgan fingerprint density at radius 3 is 2.72 bits per heavy atom. The molecule has 0 radical (unpaired) electrons. The van der Waals surface area contributed by atoms with Crippen LogP contribution in [0.1, 0.15) is 18.4 Å². The van der Waals surface area contributed by atoms with Crippen LogP contribution in [0.5, 0.6) is 0 Å². The molecule has 0 aliphatic carbocycles. The molecule has 1 N–H and O–H groups in total. The summed E-state index contributed by atoms with van der Waals surface area (Å²) in [5.41, 5.74) is 0.848. The van der Waals surface area contributed by atoms with Crippen molar-refractivity contribution in [2.75, 3.05) is 6.54 Å². The van der Waals surface area contributed by atoms with E-state index in [1.54, 1.807) is 0 Å². The molecule has 0 saturated carbocycles. The zero-order valence-electron chi connectivity index (χ0n) is 9.93. The van der Waals surface area contributed by atoms with Crippen LogP contribution in [0.2, 0.25) is 0 Å². The van der Waals surface area contributed by atoms with Crippen LogP contribution in [0.15, 0.2) is 30.3 Å². The molecule has 18 heavy (non-hydrogen) atoms. The van der Waals surface area contributed by atoms with Gasteiger partial charge in [-0.15, -0.1) is 0 Å². The number of esters is 1. The Balaban J connectivity index is 1.73. The zero-order chi connectivity index (χ0) is 12.8. The number of ether oxygens (including phenoxy) is 2. The van der Waals surface area contributed by atoms with Gasteiger partial charge in [-0.25, -0.2) is 9.59 Å². The summed E-state index contributed by atoms with van der Waals surface area (Å²) >= 11 is 0. The van der Waals surface area contributed by atoms with Crippen LogP contribution in [-0.4, -0.2) is 24.7 Å². The van der Waals surface area contributed by atoms with Crippen molar-refractivity contribution in [3.05, 3.63) is 35.9 Å². The molecule has 0 amide bonds. The third-order valence-corrected chi connectivity index (χ3v) is 2.73. The summed E-state index contributed by atoms with van der Waals surface area (Å²) < 4.78 is 9.44. The average molecular weight is 249 g/mol. The van der Waals surface area contributed by atoms with Crippen molar-refractivity contribution in [2.45, 2.75) is 25.5 Å². The van der Waals surface area contributed by atoms with Crippen molar-refractivity contribution in [2.24, 2.45) is 0 Å². The Morgan fingerprint density at radius 2 is 2.06 bits per heavy atom. The fraction of sp³-hybridized carbons (Fsp3) is 0.385. The molecule has 5 nitrogen and oxygen atoms in total. The van der Waals surface area contributed by atoms with Gasteiger partial charge in [-0.2, -0.15) is 0 Å². The van der Waals surface area contributed by atoms with Gasteiger partial charge >= 0.3 is 12.1 Å². The molecule has 5 heteroatoms. The van der Waals surface area contributed by atoms with Crippen molar-refractivity contribution in [3.63, 3.8) is 0 Å². The second-order valence-electron chi connectivity index (χ2n) is 4.09. The molecule has 0 aromatic heterocycles. The van der Waals surface area contributed by atoms with Crippen molar-refractivity contribution >= 4 is 12.1 Å². The lowest BCUT2D eigenvalue weighted by atomic mass is 10.2. The quantitative estimate of drug-likeness (QED) is 0.651. The van der Waals surface area contributed by atoms with Gasteiger partial charge in [0.1, 0.15) is 12.6 Å². The highest BCUT2D eigenvalue weighted by atomic mass is 16.7. The summed E-state index contributed by atoms with van der Waals surface area (Å²) in [6.07, 6.45) is 0.668. The Bertz CT molecular complexity index is 412. The first-order valence-electron chi connectivity index (χ1n) is 5.91. The first-order chi connectivity index (χ1) is 8.75. The van der Waals surface area contributed by atoms with E-state index in [0.29, 0.717) is 6.42 Å². The van der Waals surface area contributed by atoms with Crippen molar-refractivity contribution < 1.29 is 19.1 Å². The van der Waals surface area contributed by atoms with E-state index in [4.69, 9.17) is 4.74 Å². The highest BCUT2D eigenvalue weighted by Crippen LogP contribution is 2.08. The Kier molecular flexibility index (Phi) is 4.30. The molecule has 1 heterocycles. The smallest absolute Gasteiger partial charge is 0.429 e. The second kappa shape index (κ2) is 6.16. The number of carbonyl (C=O) groups excluding carboxylic acids is 2. The lowest BCUT2D eigenvalue weighted by molar-refractivity contribution is -0.142. The van der Waals surface area contributed by atoms with E-state index in [9.17, 15) is 9.59 Å². The zero-order valence-corrected chi connectivity index (χ0v) is 9.93. The molecule has 96 valence electrons. The number of hydrogen-bond donors (Lipinski definition) is 1. The van der Waals surface area contributed by atoms with Crippen LogP contribution in [0.4, 0.5) is 4.79 Å². The molecule has 2 rings (SSSR count). The topological polar surface area (TPSA) is 64.6 Å². The minimum Gasteiger partial charge on any atom is -0.429 e. The van der Waals surface area contributed by atoms with Gasteiger partial charge in [0.05, 0.1) is 0 Å². The Morgan fingerprint density at radius 1 is 1.28 bits per heavy atom. The minimum atomic E-state index is -0.947. The molecular weight excluding hydrogens is 234 g/mol. The molecule has 1 fully saturated rings. The van der Waals surface area contributed by atoms with E-state index in [1.165, 1.54) is 0 Å². The Labute approximate surface area is 105 Å². The van der Waals surface area contributed by atoms with Gasteiger partial charge in [0.25, 0.3) is 0 Å². The first kappa shape index (κ1) is 12.6. The van der Waals surface area contributed by atoms with E-state index in [0.717, 1.165) is 18.5 Å². The van der Waals surface area contributed by atoms with Crippen LogP contribution in [0.25, 0.3) is 0 Å². The van der Waals surface area contributed by atoms with E-state index in [2.05, 4.69) is 10.1 Å². The SMILES string of the molecule is O=C(OCc1ccccc1)OC(=O)C1CCCN1. The average Bonchev–Trinajstić information content (AvgIpc) is 2.91. The lowest BCUT2D eigenvalue weighted by Gasteiger charge is -2.09. The predicted octanol–water partition coefficient (Wildman–Crippen LogP) is 1.62. The first-order valence-corrected chi connectivity index (χ1v) is 5.91. The highest BCUT2D eigenvalue weighted by Gasteiger charge is 2.26. The summed E-state index contributed by atoms with van der Waals surface area (Å²) in [6, 6.07) is 8.84. The third kappa shape index (κ3) is 3.56. The van der Waals surface area contributed by atoms with Gasteiger partial charge in [-0.1, -0.05) is 30.3 Å². The molecule has 1 aromatic rings. The van der Waals surface area contributed by atoms with Crippen LogP contribution in [0.3, 0.4) is 0 Å². The third-order valence-electron chi connectivity index (χ3n) is 2.73. The molecule has 1 unspecified atom stereocenters. The Hall–Kier alpha value is -1.88. The fourth-order valence-electron chi connectivity index (χ4n) is 1.78. The predicted molar refractivity (Wildman–Crippen MR) is 63.7 cm³/mol. The van der Waals surface area contributed by atoms with Crippen molar-refractivity contribution in [3.8, 4) is 0 Å². The number of rotatable bonds is 3. The normalized spacial score (nSPS) is 18.3. The molecular formula is C13H15NO4. The number of carbonyl (C=O) groups is 2. The maximum atomic E-state index is 11.5. The largest absolute Gasteiger partial charge is 0.516 e. The van der Waals surface area contributed by atoms with Crippen molar-refractivity contribution in [1.29, 1.82) is 0 Å². The molecule has 1 aliphatic rings. The summed E-state index contributed by atoms with van der Waals surface area (Å²) in [7, 11) is 0. The lowest BCUT2D eigenvalue weighted by Crippen LogP contribution is -2.33. The monoisotopic (exact) mass is 249 g/mol. The van der Waals surface area contributed by atoms with E-state index >= 15 is 0 Å². The maximum absolute atomic E-state index is 11.5. The molecule has 0 spiro atoms. The number of benzene rings is 1. The van der Waals surface area contributed by atoms with E-state index in [-0.39, 0.29) is 12.6 Å². The second-order valence-corrected chi connectivity index (χ2v) is 4.09. The van der Waals surface area contributed by atoms with E-state index < -0.39 is 12.1 Å². The molecule has 0 bridgehead atoms.